The lowest BCUT2D eigenvalue weighted by Gasteiger charge is -2.28. The molecule has 2 atom stereocenters. The van der Waals surface area contributed by atoms with E-state index >= 15 is 0 Å². The lowest BCUT2D eigenvalue weighted by molar-refractivity contribution is -0.870. The molecule has 0 radical (unpaired) electrons. The van der Waals surface area contributed by atoms with Gasteiger partial charge < -0.3 is 27.9 Å². The summed E-state index contributed by atoms with van der Waals surface area (Å²) >= 11 is 0. The van der Waals surface area contributed by atoms with Gasteiger partial charge in [0.1, 0.15) is 19.8 Å². The highest BCUT2D eigenvalue weighted by molar-refractivity contribution is 7.45. The molecule has 0 rings (SSSR count). The second kappa shape index (κ2) is 25.5. The number of ether oxygens (including phenoxy) is 2. The molecule has 0 spiro atoms. The monoisotopic (exact) mass is 607 g/mol. The van der Waals surface area contributed by atoms with Crippen molar-refractivity contribution in [2.45, 2.75) is 142 Å². The van der Waals surface area contributed by atoms with Crippen LogP contribution in [0.25, 0.3) is 0 Å². The number of phosphoric acid groups is 1. The van der Waals surface area contributed by atoms with Gasteiger partial charge in [0.05, 0.1) is 27.7 Å². The van der Waals surface area contributed by atoms with E-state index in [0.717, 1.165) is 44.9 Å². The maximum absolute atomic E-state index is 12.4. The zero-order valence-electron chi connectivity index (χ0n) is 27.0. The lowest BCUT2D eigenvalue weighted by Crippen LogP contribution is -2.37. The van der Waals surface area contributed by atoms with E-state index in [1.165, 1.54) is 57.8 Å². The van der Waals surface area contributed by atoms with Crippen LogP contribution in [0, 0.1) is 0 Å². The van der Waals surface area contributed by atoms with Gasteiger partial charge in [-0.15, -0.1) is 0 Å². The SMILES string of the molecule is CCCCCCCCCCCCCC(=O)OCC(COP(=O)([O-])OCC[N+](C)(C)C)OC(=O)CCCCCCCC. The molecule has 2 unspecified atom stereocenters. The van der Waals surface area contributed by atoms with Gasteiger partial charge in [-0.2, -0.15) is 0 Å². The Kier molecular flexibility index (Phi) is 24.9. The molecule has 0 aromatic rings. The van der Waals surface area contributed by atoms with E-state index in [-0.39, 0.29) is 32.0 Å². The second-order valence-electron chi connectivity index (χ2n) is 12.2. The number of esters is 2. The number of hydrogen-bond acceptors (Lipinski definition) is 8. The summed E-state index contributed by atoms with van der Waals surface area (Å²) in [6.07, 6.45) is 18.8. The number of nitrogens with zero attached hydrogens (tertiary/aromatic N) is 1. The van der Waals surface area contributed by atoms with Crippen molar-refractivity contribution < 1.29 is 42.1 Å². The van der Waals surface area contributed by atoms with Crippen LogP contribution in [0.2, 0.25) is 0 Å². The summed E-state index contributed by atoms with van der Waals surface area (Å²) in [5, 5.41) is 0. The third kappa shape index (κ3) is 28.9. The molecule has 0 aliphatic heterocycles. The first-order valence-electron chi connectivity index (χ1n) is 16.2. The van der Waals surface area contributed by atoms with Crippen LogP contribution in [0.3, 0.4) is 0 Å². The van der Waals surface area contributed by atoms with Gasteiger partial charge in [0.25, 0.3) is 7.82 Å². The number of hydrogen-bond donors (Lipinski definition) is 0. The van der Waals surface area contributed by atoms with Gasteiger partial charge in [-0.25, -0.2) is 0 Å². The first-order valence-corrected chi connectivity index (χ1v) is 17.7. The Morgan fingerprint density at radius 1 is 0.659 bits per heavy atom. The van der Waals surface area contributed by atoms with E-state index in [1.54, 1.807) is 0 Å². The Morgan fingerprint density at radius 3 is 1.56 bits per heavy atom. The van der Waals surface area contributed by atoms with Crippen LogP contribution in [0.1, 0.15) is 136 Å². The third-order valence-corrected chi connectivity index (χ3v) is 7.84. The minimum atomic E-state index is -4.59. The standard InChI is InChI=1S/C31H62NO8P/c1-6-8-10-12-14-15-16-17-18-20-21-23-30(33)37-27-29(40-31(34)24-22-19-13-11-9-7-2)28-39-41(35,36)38-26-25-32(3,4)5/h29H,6-28H2,1-5H3. The number of carbonyl (C=O) groups excluding carboxylic acids is 2. The topological polar surface area (TPSA) is 111 Å². The first-order chi connectivity index (χ1) is 19.5. The lowest BCUT2D eigenvalue weighted by atomic mass is 10.1. The molecule has 10 heteroatoms. The van der Waals surface area contributed by atoms with Crippen LogP contribution in [0.4, 0.5) is 0 Å². The van der Waals surface area contributed by atoms with E-state index in [4.69, 9.17) is 18.5 Å². The summed E-state index contributed by atoms with van der Waals surface area (Å²) < 4.78 is 33.4. The van der Waals surface area contributed by atoms with Crippen molar-refractivity contribution in [2.75, 3.05) is 47.5 Å². The quantitative estimate of drug-likeness (QED) is 0.0383. The predicted molar refractivity (Wildman–Crippen MR) is 162 cm³/mol. The van der Waals surface area contributed by atoms with Crippen LogP contribution in [-0.4, -0.2) is 70.0 Å². The minimum absolute atomic E-state index is 0.0271. The molecule has 0 amide bonds. The molecule has 0 aromatic heterocycles. The number of likely N-dealkylation sites (N-methyl/N-ethyl adjacent to an activating group) is 1. The molecule has 0 bridgehead atoms. The Labute approximate surface area is 251 Å². The van der Waals surface area contributed by atoms with Crippen molar-refractivity contribution in [3.8, 4) is 0 Å². The van der Waals surface area contributed by atoms with Crippen molar-refractivity contribution in [2.24, 2.45) is 0 Å². The van der Waals surface area contributed by atoms with Crippen molar-refractivity contribution in [1.82, 2.24) is 0 Å². The van der Waals surface area contributed by atoms with E-state index in [2.05, 4.69) is 13.8 Å². The summed E-state index contributed by atoms with van der Waals surface area (Å²) in [4.78, 5) is 36.9. The summed E-state index contributed by atoms with van der Waals surface area (Å²) in [6.45, 7) is 4.12. The van der Waals surface area contributed by atoms with Crippen molar-refractivity contribution in [1.29, 1.82) is 0 Å². The van der Waals surface area contributed by atoms with Crippen LogP contribution in [-0.2, 0) is 32.7 Å². The van der Waals surface area contributed by atoms with Crippen LogP contribution >= 0.6 is 7.82 Å². The molecular weight excluding hydrogens is 545 g/mol. The molecule has 0 aromatic carbocycles. The number of unbranched alkanes of at least 4 members (excludes halogenated alkanes) is 15. The summed E-state index contributed by atoms with van der Waals surface area (Å²) in [6, 6.07) is 0. The number of phosphoric ester groups is 1. The molecule has 0 fully saturated rings. The van der Waals surface area contributed by atoms with Gasteiger partial charge in [-0.05, 0) is 12.8 Å². The molecule has 0 aliphatic rings. The molecule has 0 heterocycles. The van der Waals surface area contributed by atoms with Gasteiger partial charge in [-0.1, -0.05) is 110 Å². The highest BCUT2D eigenvalue weighted by Gasteiger charge is 2.21. The Hall–Kier alpha value is -0.990. The third-order valence-electron chi connectivity index (χ3n) is 6.88. The van der Waals surface area contributed by atoms with Crippen molar-refractivity contribution >= 4 is 19.8 Å². The fraction of sp³-hybridized carbons (Fsp3) is 0.935. The van der Waals surface area contributed by atoms with Gasteiger partial charge >= 0.3 is 11.9 Å². The number of carbonyl (C=O) groups is 2. The van der Waals surface area contributed by atoms with Crippen LogP contribution < -0.4 is 4.89 Å². The second-order valence-corrected chi connectivity index (χ2v) is 13.6. The van der Waals surface area contributed by atoms with E-state index in [0.29, 0.717) is 17.4 Å². The zero-order chi connectivity index (χ0) is 30.8. The van der Waals surface area contributed by atoms with Gasteiger partial charge in [0.2, 0.25) is 0 Å². The Balaban J connectivity index is 4.45. The van der Waals surface area contributed by atoms with Crippen molar-refractivity contribution in [3.05, 3.63) is 0 Å². The maximum Gasteiger partial charge on any atom is 0.306 e. The average Bonchev–Trinajstić information content (AvgIpc) is 2.90. The Morgan fingerprint density at radius 2 is 1.10 bits per heavy atom. The van der Waals surface area contributed by atoms with E-state index in [1.807, 2.05) is 21.1 Å². The van der Waals surface area contributed by atoms with Crippen molar-refractivity contribution in [3.63, 3.8) is 0 Å². The molecule has 0 saturated carbocycles. The average molecular weight is 608 g/mol. The largest absolute Gasteiger partial charge is 0.756 e. The van der Waals surface area contributed by atoms with Crippen LogP contribution in [0.5, 0.6) is 0 Å². The highest BCUT2D eigenvalue weighted by atomic mass is 31.2. The highest BCUT2D eigenvalue weighted by Crippen LogP contribution is 2.38. The summed E-state index contributed by atoms with van der Waals surface area (Å²) in [5.41, 5.74) is 0. The number of quaternary nitrogens is 1. The normalized spacial score (nSPS) is 14.0. The van der Waals surface area contributed by atoms with E-state index < -0.39 is 26.5 Å². The fourth-order valence-corrected chi connectivity index (χ4v) is 4.97. The molecule has 9 nitrogen and oxygen atoms in total. The summed E-state index contributed by atoms with van der Waals surface area (Å²) in [7, 11) is 1.17. The van der Waals surface area contributed by atoms with Gasteiger partial charge in [-0.3, -0.25) is 14.2 Å². The van der Waals surface area contributed by atoms with E-state index in [9.17, 15) is 19.0 Å². The first kappa shape index (κ1) is 40.0. The molecule has 0 N–H and O–H groups in total. The molecule has 244 valence electrons. The molecular formula is C31H62NO8P. The van der Waals surface area contributed by atoms with Crippen LogP contribution in [0.15, 0.2) is 0 Å². The Bertz CT molecular complexity index is 698. The molecule has 0 saturated heterocycles. The number of rotatable bonds is 29. The maximum atomic E-state index is 12.4. The fourth-order valence-electron chi connectivity index (χ4n) is 4.24. The molecule has 0 aliphatic carbocycles. The molecule has 41 heavy (non-hydrogen) atoms. The smallest absolute Gasteiger partial charge is 0.306 e. The zero-order valence-corrected chi connectivity index (χ0v) is 27.9. The van der Waals surface area contributed by atoms with Gasteiger partial charge in [0.15, 0.2) is 6.10 Å². The minimum Gasteiger partial charge on any atom is -0.756 e. The summed E-state index contributed by atoms with van der Waals surface area (Å²) in [5.74, 6) is -0.843. The van der Waals surface area contributed by atoms with Gasteiger partial charge in [0, 0.05) is 12.8 Å². The predicted octanol–water partition coefficient (Wildman–Crippen LogP) is 7.10.